The van der Waals surface area contributed by atoms with Crippen molar-refractivity contribution in [2.45, 2.75) is 39.0 Å². The fraction of sp³-hybridized carbons (Fsp3) is 1.00. The average molecular weight is 141 g/mol. The highest BCUT2D eigenvalue weighted by Gasteiger charge is 2.16. The van der Waals surface area contributed by atoms with Gasteiger partial charge < -0.3 is 5.73 Å². The third-order valence-electron chi connectivity index (χ3n) is 2.71. The molecule has 0 aromatic heterocycles. The lowest BCUT2D eigenvalue weighted by Crippen LogP contribution is -2.15. The summed E-state index contributed by atoms with van der Waals surface area (Å²) in [6, 6.07) is 0. The lowest BCUT2D eigenvalue weighted by atomic mass is 9.81. The van der Waals surface area contributed by atoms with Crippen LogP contribution in [-0.2, 0) is 0 Å². The maximum absolute atomic E-state index is 5.49. The largest absolute Gasteiger partial charge is 0.330 e. The van der Waals surface area contributed by atoms with Gasteiger partial charge in [-0.1, -0.05) is 32.6 Å². The van der Waals surface area contributed by atoms with Crippen molar-refractivity contribution in [1.29, 1.82) is 0 Å². The molecule has 0 unspecified atom stereocenters. The zero-order chi connectivity index (χ0) is 7.40. The summed E-state index contributed by atoms with van der Waals surface area (Å²) in [6.45, 7) is 3.25. The molecule has 0 saturated heterocycles. The van der Waals surface area contributed by atoms with Gasteiger partial charge in [-0.25, -0.2) is 0 Å². The maximum atomic E-state index is 5.49. The molecule has 0 radical (unpaired) electrons. The Morgan fingerprint density at radius 2 is 1.80 bits per heavy atom. The molecule has 1 rings (SSSR count). The summed E-state index contributed by atoms with van der Waals surface area (Å²) in [4.78, 5) is 0. The van der Waals surface area contributed by atoms with Crippen LogP contribution in [0.1, 0.15) is 39.0 Å². The molecule has 0 aromatic rings. The van der Waals surface area contributed by atoms with Crippen molar-refractivity contribution in [2.75, 3.05) is 6.54 Å². The topological polar surface area (TPSA) is 26.0 Å². The summed E-state index contributed by atoms with van der Waals surface area (Å²) in [6.07, 6.45) is 6.98. The molecule has 0 atom stereocenters. The molecule has 0 amide bonds. The summed E-state index contributed by atoms with van der Waals surface area (Å²) in [5.74, 6) is 1.94. The molecule has 0 heterocycles. The first-order valence-corrected chi connectivity index (χ1v) is 4.53. The molecule has 0 aliphatic heterocycles. The standard InChI is InChI=1S/C9H19N/c1-8-2-4-9(5-3-8)6-7-10/h8-9H,2-7,10H2,1H3. The van der Waals surface area contributed by atoms with E-state index in [1.54, 1.807) is 0 Å². The minimum absolute atomic E-state index is 0.888. The van der Waals surface area contributed by atoms with E-state index in [4.69, 9.17) is 5.73 Å². The smallest absolute Gasteiger partial charge is 0.00746 e. The third-order valence-corrected chi connectivity index (χ3v) is 2.71. The maximum Gasteiger partial charge on any atom is -0.00746 e. The second-order valence-corrected chi connectivity index (χ2v) is 3.70. The number of hydrogen-bond donors (Lipinski definition) is 1. The molecule has 1 heteroatoms. The second kappa shape index (κ2) is 3.97. The number of rotatable bonds is 2. The van der Waals surface area contributed by atoms with Gasteiger partial charge in [-0.3, -0.25) is 0 Å². The van der Waals surface area contributed by atoms with Crippen molar-refractivity contribution in [1.82, 2.24) is 0 Å². The minimum atomic E-state index is 0.888. The Bertz CT molecular complexity index is 82.7. The van der Waals surface area contributed by atoms with Gasteiger partial charge in [-0.2, -0.15) is 0 Å². The van der Waals surface area contributed by atoms with Crippen LogP contribution in [0.25, 0.3) is 0 Å². The Morgan fingerprint density at radius 3 is 2.30 bits per heavy atom. The summed E-state index contributed by atoms with van der Waals surface area (Å²) >= 11 is 0. The normalized spacial score (nSPS) is 34.2. The highest BCUT2D eigenvalue weighted by Crippen LogP contribution is 2.29. The lowest BCUT2D eigenvalue weighted by molar-refractivity contribution is 0.280. The van der Waals surface area contributed by atoms with Gasteiger partial charge >= 0.3 is 0 Å². The van der Waals surface area contributed by atoms with Gasteiger partial charge in [0, 0.05) is 0 Å². The van der Waals surface area contributed by atoms with Gasteiger partial charge in [0.05, 0.1) is 0 Å². The molecule has 2 N–H and O–H groups in total. The molecule has 1 fully saturated rings. The van der Waals surface area contributed by atoms with Crippen LogP contribution in [0.3, 0.4) is 0 Å². The van der Waals surface area contributed by atoms with Gasteiger partial charge in [0.25, 0.3) is 0 Å². The van der Waals surface area contributed by atoms with Crippen molar-refractivity contribution in [3.05, 3.63) is 0 Å². The molecular weight excluding hydrogens is 122 g/mol. The summed E-state index contributed by atoms with van der Waals surface area (Å²) in [7, 11) is 0. The highest BCUT2D eigenvalue weighted by molar-refractivity contribution is 4.69. The van der Waals surface area contributed by atoms with Crippen LogP contribution in [0.15, 0.2) is 0 Å². The Balaban J connectivity index is 2.13. The van der Waals surface area contributed by atoms with Crippen LogP contribution in [0.4, 0.5) is 0 Å². The van der Waals surface area contributed by atoms with Crippen LogP contribution >= 0.6 is 0 Å². The molecule has 10 heavy (non-hydrogen) atoms. The first-order valence-electron chi connectivity index (χ1n) is 4.53. The average Bonchev–Trinajstić information content (AvgIpc) is 1.95. The van der Waals surface area contributed by atoms with E-state index in [1.165, 1.54) is 32.1 Å². The van der Waals surface area contributed by atoms with E-state index in [0.29, 0.717) is 0 Å². The molecule has 1 aliphatic carbocycles. The number of nitrogens with two attached hydrogens (primary N) is 1. The third kappa shape index (κ3) is 2.30. The zero-order valence-corrected chi connectivity index (χ0v) is 6.97. The Kier molecular flexibility index (Phi) is 3.20. The van der Waals surface area contributed by atoms with Crippen LogP contribution in [-0.4, -0.2) is 6.54 Å². The number of hydrogen-bond acceptors (Lipinski definition) is 1. The molecule has 1 aliphatic rings. The van der Waals surface area contributed by atoms with Gasteiger partial charge in [0.15, 0.2) is 0 Å². The first kappa shape index (κ1) is 8.06. The quantitative estimate of drug-likeness (QED) is 0.626. The van der Waals surface area contributed by atoms with Gasteiger partial charge in [0.2, 0.25) is 0 Å². The molecule has 60 valence electrons. The van der Waals surface area contributed by atoms with E-state index in [9.17, 15) is 0 Å². The van der Waals surface area contributed by atoms with E-state index < -0.39 is 0 Å². The molecular formula is C9H19N. The Hall–Kier alpha value is -0.0400. The van der Waals surface area contributed by atoms with E-state index in [2.05, 4.69) is 6.92 Å². The zero-order valence-electron chi connectivity index (χ0n) is 6.97. The Labute approximate surface area is 64.0 Å². The molecule has 1 nitrogen and oxygen atoms in total. The molecule has 1 saturated carbocycles. The molecule has 0 aromatic carbocycles. The van der Waals surface area contributed by atoms with Crippen molar-refractivity contribution in [2.24, 2.45) is 17.6 Å². The van der Waals surface area contributed by atoms with Crippen LogP contribution < -0.4 is 5.73 Å². The predicted molar refractivity (Wildman–Crippen MR) is 44.8 cm³/mol. The first-order chi connectivity index (χ1) is 4.83. The second-order valence-electron chi connectivity index (χ2n) is 3.70. The van der Waals surface area contributed by atoms with Crippen molar-refractivity contribution >= 4 is 0 Å². The van der Waals surface area contributed by atoms with Crippen molar-refractivity contribution in [3.63, 3.8) is 0 Å². The van der Waals surface area contributed by atoms with Gasteiger partial charge in [0.1, 0.15) is 0 Å². The minimum Gasteiger partial charge on any atom is -0.330 e. The van der Waals surface area contributed by atoms with Gasteiger partial charge in [-0.15, -0.1) is 0 Å². The van der Waals surface area contributed by atoms with E-state index in [0.717, 1.165) is 18.4 Å². The molecule has 0 spiro atoms. The highest BCUT2D eigenvalue weighted by atomic mass is 14.5. The summed E-state index contributed by atoms with van der Waals surface area (Å²) < 4.78 is 0. The van der Waals surface area contributed by atoms with Crippen LogP contribution in [0, 0.1) is 11.8 Å². The van der Waals surface area contributed by atoms with E-state index in [1.807, 2.05) is 0 Å². The fourth-order valence-electron chi connectivity index (χ4n) is 1.85. The van der Waals surface area contributed by atoms with Crippen molar-refractivity contribution < 1.29 is 0 Å². The monoisotopic (exact) mass is 141 g/mol. The van der Waals surface area contributed by atoms with Crippen LogP contribution in [0.5, 0.6) is 0 Å². The fourth-order valence-corrected chi connectivity index (χ4v) is 1.85. The lowest BCUT2D eigenvalue weighted by Gasteiger charge is -2.25. The Morgan fingerprint density at radius 1 is 1.20 bits per heavy atom. The summed E-state index contributed by atoms with van der Waals surface area (Å²) in [5, 5.41) is 0. The van der Waals surface area contributed by atoms with Crippen molar-refractivity contribution in [3.8, 4) is 0 Å². The van der Waals surface area contributed by atoms with E-state index in [-0.39, 0.29) is 0 Å². The van der Waals surface area contributed by atoms with Gasteiger partial charge in [-0.05, 0) is 24.8 Å². The van der Waals surface area contributed by atoms with E-state index >= 15 is 0 Å². The SMILES string of the molecule is CC1CCC(CCN)CC1. The molecule has 0 bridgehead atoms. The summed E-state index contributed by atoms with van der Waals surface area (Å²) in [5.41, 5.74) is 5.49. The van der Waals surface area contributed by atoms with Crippen LogP contribution in [0.2, 0.25) is 0 Å². The predicted octanol–water partition coefficient (Wildman–Crippen LogP) is 2.16.